The van der Waals surface area contributed by atoms with E-state index in [2.05, 4.69) is 32.6 Å². The van der Waals surface area contributed by atoms with Gasteiger partial charge in [0.25, 0.3) is 0 Å². The predicted molar refractivity (Wildman–Crippen MR) is 137 cm³/mol. The van der Waals surface area contributed by atoms with Crippen LogP contribution in [0.2, 0.25) is 0 Å². The second kappa shape index (κ2) is 9.97. The highest BCUT2D eigenvalue weighted by atomic mass is 19.4. The zero-order valence-electron chi connectivity index (χ0n) is 20.8. The van der Waals surface area contributed by atoms with E-state index in [1.807, 2.05) is 0 Å². The lowest BCUT2D eigenvalue weighted by Gasteiger charge is -2.27. The second-order valence-corrected chi connectivity index (χ2v) is 10.1. The van der Waals surface area contributed by atoms with Crippen LogP contribution in [0.5, 0.6) is 5.75 Å². The molecule has 36 heavy (non-hydrogen) atoms. The Hall–Kier alpha value is -3.32. The number of fused-ring (bicyclic) bond motifs is 2. The van der Waals surface area contributed by atoms with E-state index in [1.165, 1.54) is 18.2 Å². The van der Waals surface area contributed by atoms with Gasteiger partial charge in [-0.15, -0.1) is 0 Å². The minimum atomic E-state index is -4.92. The van der Waals surface area contributed by atoms with Gasteiger partial charge in [0.1, 0.15) is 11.3 Å². The normalized spacial score (nSPS) is 12.5. The van der Waals surface area contributed by atoms with Crippen molar-refractivity contribution in [3.8, 4) is 16.9 Å². The summed E-state index contributed by atoms with van der Waals surface area (Å²) in [5.41, 5.74) is -1.19. The molecular weight excluding hydrogens is 467 g/mol. The maximum Gasteiger partial charge on any atom is 0.450 e. The number of phenolic OH excluding ortho intramolecular Hbond substituents is 1. The van der Waals surface area contributed by atoms with E-state index in [9.17, 15) is 23.1 Å². The SMILES string of the molecule is CC(C)CN(Cc1c(O)ccc2c(=O)c(-c3cccc4ccccc34)c(C(F)(F)F)oc12)CC(C)C. The van der Waals surface area contributed by atoms with E-state index >= 15 is 0 Å². The van der Waals surface area contributed by atoms with Crippen molar-refractivity contribution in [2.45, 2.75) is 40.4 Å². The zero-order chi connectivity index (χ0) is 26.2. The summed E-state index contributed by atoms with van der Waals surface area (Å²) in [6.45, 7) is 9.72. The molecule has 1 aromatic heterocycles. The first kappa shape index (κ1) is 25.8. The van der Waals surface area contributed by atoms with Crippen LogP contribution in [0.3, 0.4) is 0 Å². The minimum Gasteiger partial charge on any atom is -0.507 e. The van der Waals surface area contributed by atoms with Crippen LogP contribution in [0.25, 0.3) is 32.9 Å². The smallest absolute Gasteiger partial charge is 0.450 e. The highest BCUT2D eigenvalue weighted by Crippen LogP contribution is 2.41. The van der Waals surface area contributed by atoms with Gasteiger partial charge in [-0.1, -0.05) is 70.2 Å². The summed E-state index contributed by atoms with van der Waals surface area (Å²) in [7, 11) is 0. The molecule has 0 atom stereocenters. The molecule has 0 radical (unpaired) electrons. The van der Waals surface area contributed by atoms with Crippen LogP contribution >= 0.6 is 0 Å². The molecule has 0 saturated carbocycles. The topological polar surface area (TPSA) is 53.7 Å². The average Bonchev–Trinajstić information content (AvgIpc) is 2.79. The van der Waals surface area contributed by atoms with Crippen LogP contribution in [0.1, 0.15) is 39.0 Å². The van der Waals surface area contributed by atoms with Crippen molar-refractivity contribution in [2.75, 3.05) is 13.1 Å². The molecule has 0 saturated heterocycles. The molecule has 190 valence electrons. The maximum atomic E-state index is 14.4. The van der Waals surface area contributed by atoms with E-state index < -0.39 is 22.9 Å². The van der Waals surface area contributed by atoms with Crippen molar-refractivity contribution in [1.29, 1.82) is 0 Å². The van der Waals surface area contributed by atoms with Gasteiger partial charge in [-0.05, 0) is 40.3 Å². The van der Waals surface area contributed by atoms with E-state index in [0.717, 1.165) is 0 Å². The minimum absolute atomic E-state index is 0.00720. The van der Waals surface area contributed by atoms with E-state index in [1.54, 1.807) is 36.4 Å². The van der Waals surface area contributed by atoms with Crippen molar-refractivity contribution in [1.82, 2.24) is 4.90 Å². The third kappa shape index (κ3) is 5.12. The number of aromatic hydroxyl groups is 1. The first-order valence-electron chi connectivity index (χ1n) is 12.1. The van der Waals surface area contributed by atoms with Gasteiger partial charge in [0.15, 0.2) is 0 Å². The predicted octanol–water partition coefficient (Wildman–Crippen LogP) is 7.45. The lowest BCUT2D eigenvalue weighted by molar-refractivity contribution is -0.152. The Kier molecular flexibility index (Phi) is 7.14. The van der Waals surface area contributed by atoms with Gasteiger partial charge in [-0.3, -0.25) is 9.69 Å². The number of hydrogen-bond donors (Lipinski definition) is 1. The maximum absolute atomic E-state index is 14.4. The fraction of sp³-hybridized carbons (Fsp3) is 0.345. The molecule has 0 amide bonds. The molecule has 1 N–H and O–H groups in total. The molecule has 4 nitrogen and oxygen atoms in total. The van der Waals surface area contributed by atoms with Gasteiger partial charge >= 0.3 is 6.18 Å². The number of hydrogen-bond acceptors (Lipinski definition) is 4. The molecule has 0 unspecified atom stereocenters. The van der Waals surface area contributed by atoms with Crippen LogP contribution in [-0.4, -0.2) is 23.1 Å². The van der Waals surface area contributed by atoms with Crippen molar-refractivity contribution in [3.05, 3.63) is 76.1 Å². The molecule has 0 aliphatic heterocycles. The summed E-state index contributed by atoms with van der Waals surface area (Å²) in [4.78, 5) is 15.8. The first-order chi connectivity index (χ1) is 17.0. The monoisotopic (exact) mass is 497 g/mol. The van der Waals surface area contributed by atoms with Crippen LogP contribution in [0.4, 0.5) is 13.2 Å². The van der Waals surface area contributed by atoms with E-state index in [0.29, 0.717) is 35.7 Å². The molecular formula is C29H30F3NO3. The number of nitrogens with zero attached hydrogens (tertiary/aromatic N) is 1. The Morgan fingerprint density at radius 2 is 1.53 bits per heavy atom. The molecule has 4 aromatic rings. The molecule has 0 spiro atoms. The molecule has 1 heterocycles. The van der Waals surface area contributed by atoms with Gasteiger partial charge in [0, 0.05) is 19.6 Å². The third-order valence-electron chi connectivity index (χ3n) is 6.08. The van der Waals surface area contributed by atoms with Gasteiger partial charge in [-0.2, -0.15) is 13.2 Å². The second-order valence-electron chi connectivity index (χ2n) is 10.1. The summed E-state index contributed by atoms with van der Waals surface area (Å²) in [5.74, 6) is -0.954. The lowest BCUT2D eigenvalue weighted by Crippen LogP contribution is -2.31. The summed E-state index contributed by atoms with van der Waals surface area (Å²) >= 11 is 0. The molecule has 4 rings (SSSR count). The average molecular weight is 498 g/mol. The Morgan fingerprint density at radius 1 is 0.889 bits per heavy atom. The lowest BCUT2D eigenvalue weighted by atomic mass is 9.95. The van der Waals surface area contributed by atoms with Gasteiger partial charge in [0.2, 0.25) is 11.2 Å². The van der Waals surface area contributed by atoms with E-state index in [-0.39, 0.29) is 34.4 Å². The molecule has 0 aliphatic carbocycles. The number of phenols is 1. The summed E-state index contributed by atoms with van der Waals surface area (Å²) < 4.78 is 48.7. The van der Waals surface area contributed by atoms with Crippen molar-refractivity contribution < 1.29 is 22.7 Å². The Labute approximate surface area is 208 Å². The summed E-state index contributed by atoms with van der Waals surface area (Å²) in [6.07, 6.45) is -4.92. The van der Waals surface area contributed by atoms with Crippen LogP contribution in [0.15, 0.2) is 63.8 Å². The van der Waals surface area contributed by atoms with Gasteiger partial charge in [-0.25, -0.2) is 0 Å². The standard InChI is InChI=1S/C29H30F3NO3/c1-17(2)14-33(15-18(3)4)16-23-24(34)13-12-22-26(35)25(28(29(30,31)32)36-27(22)23)21-11-7-9-19-8-5-6-10-20(19)21/h5-13,17-18,34H,14-16H2,1-4H3. The molecule has 3 aromatic carbocycles. The van der Waals surface area contributed by atoms with E-state index in [4.69, 9.17) is 4.42 Å². The molecule has 0 fully saturated rings. The molecule has 0 aliphatic rings. The van der Waals surface area contributed by atoms with Gasteiger partial charge < -0.3 is 9.52 Å². The van der Waals surface area contributed by atoms with Gasteiger partial charge in [0.05, 0.1) is 16.5 Å². The van der Waals surface area contributed by atoms with Crippen LogP contribution in [0, 0.1) is 11.8 Å². The Balaban J connectivity index is 2.01. The summed E-state index contributed by atoms with van der Waals surface area (Å²) in [5, 5.41) is 11.9. The zero-order valence-corrected chi connectivity index (χ0v) is 20.8. The fourth-order valence-corrected chi connectivity index (χ4v) is 4.80. The van der Waals surface area contributed by atoms with Crippen LogP contribution < -0.4 is 5.43 Å². The first-order valence-corrected chi connectivity index (χ1v) is 12.1. The Morgan fingerprint density at radius 3 is 2.17 bits per heavy atom. The highest BCUT2D eigenvalue weighted by Gasteiger charge is 2.40. The summed E-state index contributed by atoms with van der Waals surface area (Å²) in [6, 6.07) is 14.6. The quantitative estimate of drug-likeness (QED) is 0.288. The Bertz CT molecular complexity index is 1440. The van der Waals surface area contributed by atoms with Crippen molar-refractivity contribution >= 4 is 21.7 Å². The molecule has 7 heteroatoms. The third-order valence-corrected chi connectivity index (χ3v) is 6.08. The highest BCUT2D eigenvalue weighted by molar-refractivity contribution is 5.99. The number of rotatable bonds is 7. The van der Waals surface area contributed by atoms with Crippen LogP contribution in [-0.2, 0) is 12.7 Å². The largest absolute Gasteiger partial charge is 0.507 e. The van der Waals surface area contributed by atoms with Crippen molar-refractivity contribution in [2.24, 2.45) is 11.8 Å². The van der Waals surface area contributed by atoms with Crippen molar-refractivity contribution in [3.63, 3.8) is 0 Å². The number of alkyl halides is 3. The molecule has 0 bridgehead atoms. The fourth-order valence-electron chi connectivity index (χ4n) is 4.80. The number of benzene rings is 3. The number of halogens is 3.